The first-order valence-electron chi connectivity index (χ1n) is 8.51. The fourth-order valence-electron chi connectivity index (χ4n) is 2.38. The van der Waals surface area contributed by atoms with E-state index in [2.05, 4.69) is 26.2 Å². The Morgan fingerprint density at radius 3 is 2.75 bits per heavy atom. The molecule has 0 unspecified atom stereocenters. The van der Waals surface area contributed by atoms with Crippen molar-refractivity contribution in [3.05, 3.63) is 69.6 Å². The van der Waals surface area contributed by atoms with Crippen LogP contribution in [-0.2, 0) is 6.54 Å². The number of nitrogens with one attached hydrogen (secondary N) is 1. The van der Waals surface area contributed by atoms with Crippen LogP contribution in [0.5, 0.6) is 5.75 Å². The number of thiophene rings is 1. The number of alkyl halides is 2. The van der Waals surface area contributed by atoms with Crippen molar-refractivity contribution in [1.82, 2.24) is 10.3 Å². The van der Waals surface area contributed by atoms with Gasteiger partial charge in [0.1, 0.15) is 5.75 Å². The number of rotatable bonds is 7. The zero-order valence-corrected chi connectivity index (χ0v) is 17.3. The SMILES string of the molecule is CCC(F)(F)Oc1cc(Br)ccc1CNC(=O)c1ccc(-c2cccs2)nc1. The number of halogens is 3. The molecule has 1 aromatic carbocycles. The molecule has 4 nitrogen and oxygen atoms in total. The highest BCUT2D eigenvalue weighted by molar-refractivity contribution is 9.10. The highest BCUT2D eigenvalue weighted by Gasteiger charge is 2.29. The van der Waals surface area contributed by atoms with Crippen LogP contribution < -0.4 is 10.1 Å². The van der Waals surface area contributed by atoms with Gasteiger partial charge in [-0.25, -0.2) is 0 Å². The van der Waals surface area contributed by atoms with Gasteiger partial charge in [0, 0.05) is 29.2 Å². The third-order valence-corrected chi connectivity index (χ3v) is 5.32. The van der Waals surface area contributed by atoms with E-state index in [0.29, 0.717) is 15.6 Å². The Morgan fingerprint density at radius 2 is 2.11 bits per heavy atom. The van der Waals surface area contributed by atoms with Crippen LogP contribution in [0.1, 0.15) is 29.3 Å². The van der Waals surface area contributed by atoms with Gasteiger partial charge in [-0.2, -0.15) is 8.78 Å². The van der Waals surface area contributed by atoms with Crippen molar-refractivity contribution >= 4 is 33.2 Å². The van der Waals surface area contributed by atoms with Crippen LogP contribution in [0.4, 0.5) is 8.78 Å². The Bertz CT molecular complexity index is 947. The maximum Gasteiger partial charge on any atom is 0.397 e. The maximum atomic E-state index is 13.6. The average Bonchev–Trinajstić information content (AvgIpc) is 3.22. The van der Waals surface area contributed by atoms with Crippen molar-refractivity contribution < 1.29 is 18.3 Å². The second-order valence-corrected chi connectivity index (χ2v) is 7.80. The number of aromatic nitrogens is 1. The third kappa shape index (κ3) is 5.14. The number of pyridine rings is 1. The van der Waals surface area contributed by atoms with E-state index in [1.54, 1.807) is 35.6 Å². The summed E-state index contributed by atoms with van der Waals surface area (Å²) in [5.41, 5.74) is 1.63. The molecule has 0 bridgehead atoms. The number of benzene rings is 1. The molecule has 0 atom stereocenters. The van der Waals surface area contributed by atoms with E-state index in [-0.39, 0.29) is 18.2 Å². The van der Waals surface area contributed by atoms with Crippen molar-refractivity contribution in [3.63, 3.8) is 0 Å². The van der Waals surface area contributed by atoms with Crippen molar-refractivity contribution in [2.24, 2.45) is 0 Å². The van der Waals surface area contributed by atoms with Crippen molar-refractivity contribution in [2.45, 2.75) is 26.0 Å². The minimum Gasteiger partial charge on any atom is -0.432 e. The topological polar surface area (TPSA) is 51.2 Å². The monoisotopic (exact) mass is 466 g/mol. The largest absolute Gasteiger partial charge is 0.432 e. The van der Waals surface area contributed by atoms with Gasteiger partial charge in [0.25, 0.3) is 5.91 Å². The summed E-state index contributed by atoms with van der Waals surface area (Å²) >= 11 is 4.81. The van der Waals surface area contributed by atoms with Crippen LogP contribution in [0.25, 0.3) is 10.6 Å². The van der Waals surface area contributed by atoms with Crippen LogP contribution in [0.15, 0.2) is 58.5 Å². The van der Waals surface area contributed by atoms with Crippen LogP contribution in [-0.4, -0.2) is 17.0 Å². The van der Waals surface area contributed by atoms with Crippen molar-refractivity contribution in [1.29, 1.82) is 0 Å². The van der Waals surface area contributed by atoms with Gasteiger partial charge in [-0.3, -0.25) is 9.78 Å². The summed E-state index contributed by atoms with van der Waals surface area (Å²) in [4.78, 5) is 17.7. The van der Waals surface area contributed by atoms with E-state index >= 15 is 0 Å². The molecule has 3 rings (SSSR count). The zero-order chi connectivity index (χ0) is 20.1. The quantitative estimate of drug-likeness (QED) is 0.472. The molecule has 28 heavy (non-hydrogen) atoms. The van der Waals surface area contributed by atoms with Gasteiger partial charge in [0.15, 0.2) is 0 Å². The fraction of sp³-hybridized carbons (Fsp3) is 0.200. The second-order valence-electron chi connectivity index (χ2n) is 5.94. The van der Waals surface area contributed by atoms with E-state index in [1.165, 1.54) is 19.2 Å². The first-order valence-corrected chi connectivity index (χ1v) is 10.2. The molecule has 0 saturated carbocycles. The number of carbonyl (C=O) groups is 1. The number of carbonyl (C=O) groups excluding carboxylic acids is 1. The number of hydrogen-bond donors (Lipinski definition) is 1. The molecule has 1 N–H and O–H groups in total. The smallest absolute Gasteiger partial charge is 0.397 e. The third-order valence-electron chi connectivity index (χ3n) is 3.94. The lowest BCUT2D eigenvalue weighted by atomic mass is 10.2. The van der Waals surface area contributed by atoms with E-state index in [4.69, 9.17) is 4.74 Å². The number of nitrogens with zero attached hydrogens (tertiary/aromatic N) is 1. The summed E-state index contributed by atoms with van der Waals surface area (Å²) in [5.74, 6) is -0.325. The van der Waals surface area contributed by atoms with Gasteiger partial charge in [-0.15, -0.1) is 11.3 Å². The van der Waals surface area contributed by atoms with Crippen molar-refractivity contribution in [2.75, 3.05) is 0 Å². The maximum absolute atomic E-state index is 13.6. The lowest BCUT2D eigenvalue weighted by Gasteiger charge is -2.19. The van der Waals surface area contributed by atoms with E-state index in [0.717, 1.165) is 10.6 Å². The van der Waals surface area contributed by atoms with E-state index in [9.17, 15) is 13.6 Å². The molecular formula is C20H17BrF2N2O2S. The summed E-state index contributed by atoms with van der Waals surface area (Å²) in [6.07, 6.45) is -2.23. The molecule has 0 radical (unpaired) electrons. The Morgan fingerprint density at radius 1 is 1.29 bits per heavy atom. The molecule has 3 aromatic rings. The fourth-order valence-corrected chi connectivity index (χ4v) is 3.42. The molecule has 0 fully saturated rings. The van der Waals surface area contributed by atoms with Crippen molar-refractivity contribution in [3.8, 4) is 16.3 Å². The summed E-state index contributed by atoms with van der Waals surface area (Å²) in [5, 5.41) is 4.67. The Kier molecular flexibility index (Phi) is 6.41. The minimum atomic E-state index is -3.28. The standard InChI is InChI=1S/C20H17BrF2N2O2S/c1-2-20(22,23)27-17-10-15(21)7-5-13(17)11-25-19(26)14-6-8-16(24-12-14)18-4-3-9-28-18/h3-10,12H,2,11H2,1H3,(H,25,26). The van der Waals surface area contributed by atoms with E-state index < -0.39 is 12.5 Å². The molecule has 146 valence electrons. The van der Waals surface area contributed by atoms with Crippen LogP contribution >= 0.6 is 27.3 Å². The van der Waals surface area contributed by atoms with Gasteiger partial charge in [0.05, 0.1) is 16.1 Å². The number of amides is 1. The molecule has 0 aliphatic rings. The van der Waals surface area contributed by atoms with Gasteiger partial charge in [-0.05, 0) is 35.7 Å². The zero-order valence-electron chi connectivity index (χ0n) is 14.9. The first-order chi connectivity index (χ1) is 13.4. The molecule has 2 heterocycles. The lowest BCUT2D eigenvalue weighted by molar-refractivity contribution is -0.177. The van der Waals surface area contributed by atoms with Gasteiger partial charge in [0.2, 0.25) is 0 Å². The van der Waals surface area contributed by atoms with Crippen LogP contribution in [0.3, 0.4) is 0 Å². The van der Waals surface area contributed by atoms with Crippen LogP contribution in [0.2, 0.25) is 0 Å². The predicted octanol–water partition coefficient (Wildman–Crippen LogP) is 5.88. The number of hydrogen-bond acceptors (Lipinski definition) is 4. The summed E-state index contributed by atoms with van der Waals surface area (Å²) < 4.78 is 32.7. The van der Waals surface area contributed by atoms with Gasteiger partial charge >= 0.3 is 6.11 Å². The summed E-state index contributed by atoms with van der Waals surface area (Å²) in [7, 11) is 0. The van der Waals surface area contributed by atoms with E-state index in [1.807, 2.05) is 17.5 Å². The summed E-state index contributed by atoms with van der Waals surface area (Å²) in [6, 6.07) is 12.1. The predicted molar refractivity (Wildman–Crippen MR) is 109 cm³/mol. The first kappa shape index (κ1) is 20.4. The molecule has 0 spiro atoms. The minimum absolute atomic E-state index is 0.0210. The Hall–Kier alpha value is -2.32. The van der Waals surface area contributed by atoms with Gasteiger partial charge < -0.3 is 10.1 Å². The molecule has 1 amide bonds. The Balaban J connectivity index is 1.69. The Labute approximate surface area is 173 Å². The molecular weight excluding hydrogens is 450 g/mol. The highest BCUT2D eigenvalue weighted by atomic mass is 79.9. The molecule has 0 aliphatic heterocycles. The molecule has 0 saturated heterocycles. The summed E-state index contributed by atoms with van der Waals surface area (Å²) in [6.45, 7) is 1.39. The molecule has 0 aliphatic carbocycles. The van der Waals surface area contributed by atoms with Crippen LogP contribution in [0, 0.1) is 0 Å². The normalized spacial score (nSPS) is 11.3. The average molecular weight is 467 g/mol. The second kappa shape index (κ2) is 8.79. The molecule has 8 heteroatoms. The van der Waals surface area contributed by atoms with Gasteiger partial charge in [-0.1, -0.05) is 35.0 Å². The lowest BCUT2D eigenvalue weighted by Crippen LogP contribution is -2.26. The highest BCUT2D eigenvalue weighted by Crippen LogP contribution is 2.30. The number of ether oxygens (including phenoxy) is 1. The molecule has 2 aromatic heterocycles.